The fraction of sp³-hybridized carbons (Fsp3) is 0.312. The second kappa shape index (κ2) is 5.61. The lowest BCUT2D eigenvalue weighted by Gasteiger charge is -2.08. The molecule has 0 spiro atoms. The molecular weight excluding hydrogens is 298 g/mol. The summed E-state index contributed by atoms with van der Waals surface area (Å²) in [4.78, 5) is 11.8. The van der Waals surface area contributed by atoms with E-state index in [0.717, 1.165) is 33.1 Å². The van der Waals surface area contributed by atoms with E-state index in [1.54, 1.807) is 17.8 Å². The third-order valence-corrected chi connectivity index (χ3v) is 5.00. The Morgan fingerprint density at radius 1 is 1.23 bits per heavy atom. The largest absolute Gasteiger partial charge is 0.422 e. The van der Waals surface area contributed by atoms with Gasteiger partial charge in [-0.05, 0) is 37.5 Å². The number of nitrogens with zero attached hydrogens (tertiary/aromatic N) is 3. The van der Waals surface area contributed by atoms with E-state index in [9.17, 15) is 4.79 Å². The molecule has 0 aliphatic carbocycles. The molecule has 5 nitrogen and oxygen atoms in total. The highest BCUT2D eigenvalue weighted by molar-refractivity contribution is 7.98. The van der Waals surface area contributed by atoms with Crippen LogP contribution in [0.2, 0.25) is 0 Å². The molecule has 0 fully saturated rings. The van der Waals surface area contributed by atoms with Crippen LogP contribution < -0.4 is 5.63 Å². The fourth-order valence-electron chi connectivity index (χ4n) is 2.30. The Morgan fingerprint density at radius 3 is 2.68 bits per heavy atom. The van der Waals surface area contributed by atoms with Crippen molar-refractivity contribution in [1.29, 1.82) is 0 Å². The number of aromatic nitrogens is 3. The molecule has 3 aromatic rings. The maximum atomic E-state index is 11.8. The van der Waals surface area contributed by atoms with Crippen LogP contribution in [0.15, 0.2) is 32.6 Å². The van der Waals surface area contributed by atoms with Crippen LogP contribution in [0, 0.1) is 20.8 Å². The third-order valence-electron chi connectivity index (χ3n) is 3.93. The summed E-state index contributed by atoms with van der Waals surface area (Å²) in [6.45, 7) is 5.90. The smallest absolute Gasteiger partial charge is 0.336 e. The molecule has 0 saturated heterocycles. The highest BCUT2D eigenvalue weighted by Crippen LogP contribution is 2.28. The van der Waals surface area contributed by atoms with Crippen LogP contribution in [-0.4, -0.2) is 14.8 Å². The molecule has 0 aliphatic heterocycles. The van der Waals surface area contributed by atoms with E-state index < -0.39 is 0 Å². The first-order valence-corrected chi connectivity index (χ1v) is 7.97. The maximum absolute atomic E-state index is 11.8. The zero-order valence-corrected chi connectivity index (χ0v) is 13.8. The molecular formula is C16H17N3O2S. The quantitative estimate of drug-likeness (QED) is 0.549. The SMILES string of the molecule is Cc1ccc2c(CSc3nnc(C)n3C)cc(=O)oc2c1C. The van der Waals surface area contributed by atoms with E-state index in [2.05, 4.69) is 16.3 Å². The predicted molar refractivity (Wildman–Crippen MR) is 87.3 cm³/mol. The van der Waals surface area contributed by atoms with Crippen LogP contribution >= 0.6 is 11.8 Å². The van der Waals surface area contributed by atoms with Crippen molar-refractivity contribution in [2.24, 2.45) is 7.05 Å². The Morgan fingerprint density at radius 2 is 2.00 bits per heavy atom. The summed E-state index contributed by atoms with van der Waals surface area (Å²) in [7, 11) is 1.93. The van der Waals surface area contributed by atoms with Gasteiger partial charge in [0.2, 0.25) is 0 Å². The van der Waals surface area contributed by atoms with Crippen molar-refractivity contribution in [3.8, 4) is 0 Å². The number of fused-ring (bicyclic) bond motifs is 1. The van der Waals surface area contributed by atoms with Gasteiger partial charge in [-0.2, -0.15) is 0 Å². The van der Waals surface area contributed by atoms with Crippen LogP contribution in [0.4, 0.5) is 0 Å². The fourth-order valence-corrected chi connectivity index (χ4v) is 3.25. The Kier molecular flexibility index (Phi) is 3.78. The second-order valence-electron chi connectivity index (χ2n) is 5.35. The van der Waals surface area contributed by atoms with E-state index in [-0.39, 0.29) is 5.63 Å². The number of thioether (sulfide) groups is 1. The van der Waals surface area contributed by atoms with Crippen molar-refractivity contribution in [3.05, 3.63) is 51.1 Å². The van der Waals surface area contributed by atoms with E-state index in [1.807, 2.05) is 38.5 Å². The Bertz CT molecular complexity index is 912. The standard InChI is InChI=1S/C16H17N3O2S/c1-9-5-6-13-12(7-14(20)21-15(13)10(9)2)8-22-16-18-17-11(3)19(16)4/h5-7H,8H2,1-4H3. The van der Waals surface area contributed by atoms with Crippen LogP contribution in [0.25, 0.3) is 11.0 Å². The average molecular weight is 315 g/mol. The molecule has 6 heteroatoms. The van der Waals surface area contributed by atoms with Crippen LogP contribution in [0.5, 0.6) is 0 Å². The number of hydrogen-bond donors (Lipinski definition) is 0. The predicted octanol–water partition coefficient (Wildman–Crippen LogP) is 3.14. The van der Waals surface area contributed by atoms with Crippen molar-refractivity contribution in [2.45, 2.75) is 31.7 Å². The van der Waals surface area contributed by atoms with Gasteiger partial charge in [-0.25, -0.2) is 4.79 Å². The minimum absolute atomic E-state index is 0.314. The van der Waals surface area contributed by atoms with Gasteiger partial charge in [-0.15, -0.1) is 10.2 Å². The first-order valence-electron chi connectivity index (χ1n) is 6.99. The van der Waals surface area contributed by atoms with Crippen molar-refractivity contribution in [3.63, 3.8) is 0 Å². The molecule has 3 rings (SSSR count). The Balaban J connectivity index is 2.02. The van der Waals surface area contributed by atoms with Gasteiger partial charge in [0.05, 0.1) is 0 Å². The zero-order valence-electron chi connectivity index (χ0n) is 13.0. The Hall–Kier alpha value is -2.08. The molecule has 0 saturated carbocycles. The highest BCUT2D eigenvalue weighted by atomic mass is 32.2. The molecule has 0 radical (unpaired) electrons. The van der Waals surface area contributed by atoms with E-state index in [0.29, 0.717) is 11.3 Å². The summed E-state index contributed by atoms with van der Waals surface area (Å²) in [6, 6.07) is 5.63. The summed E-state index contributed by atoms with van der Waals surface area (Å²) in [5.41, 5.74) is 3.45. The van der Waals surface area contributed by atoms with Crippen LogP contribution in [0.3, 0.4) is 0 Å². The van der Waals surface area contributed by atoms with Gasteiger partial charge in [0.15, 0.2) is 5.16 Å². The summed E-state index contributed by atoms with van der Waals surface area (Å²) < 4.78 is 7.33. The second-order valence-corrected chi connectivity index (χ2v) is 6.29. The van der Waals surface area contributed by atoms with Gasteiger partial charge in [0, 0.05) is 24.3 Å². The molecule has 114 valence electrons. The topological polar surface area (TPSA) is 60.9 Å². The normalized spacial score (nSPS) is 11.3. The molecule has 0 N–H and O–H groups in total. The summed E-state index contributed by atoms with van der Waals surface area (Å²) in [5, 5.41) is 10.0. The van der Waals surface area contributed by atoms with Gasteiger partial charge >= 0.3 is 5.63 Å². The summed E-state index contributed by atoms with van der Waals surface area (Å²) in [6.07, 6.45) is 0. The monoisotopic (exact) mass is 315 g/mol. The molecule has 22 heavy (non-hydrogen) atoms. The van der Waals surface area contributed by atoms with Gasteiger partial charge in [0.25, 0.3) is 0 Å². The van der Waals surface area contributed by atoms with E-state index in [1.165, 1.54) is 0 Å². The molecule has 2 heterocycles. The van der Waals surface area contributed by atoms with Crippen LogP contribution in [-0.2, 0) is 12.8 Å². The first kappa shape index (κ1) is 14.8. The van der Waals surface area contributed by atoms with Gasteiger partial charge < -0.3 is 8.98 Å². The lowest BCUT2D eigenvalue weighted by Crippen LogP contribution is -2.02. The summed E-state index contributed by atoms with van der Waals surface area (Å²) >= 11 is 1.56. The first-order chi connectivity index (χ1) is 10.5. The van der Waals surface area contributed by atoms with E-state index in [4.69, 9.17) is 4.42 Å². The van der Waals surface area contributed by atoms with Crippen molar-refractivity contribution < 1.29 is 4.42 Å². The van der Waals surface area contributed by atoms with Crippen molar-refractivity contribution in [1.82, 2.24) is 14.8 Å². The number of hydrogen-bond acceptors (Lipinski definition) is 5. The lowest BCUT2D eigenvalue weighted by atomic mass is 10.0. The molecule has 0 aliphatic rings. The molecule has 0 amide bonds. The number of aryl methyl sites for hydroxylation is 3. The molecule has 0 unspecified atom stereocenters. The van der Waals surface area contributed by atoms with Gasteiger partial charge in [-0.1, -0.05) is 23.9 Å². The van der Waals surface area contributed by atoms with Crippen molar-refractivity contribution in [2.75, 3.05) is 0 Å². The van der Waals surface area contributed by atoms with Crippen molar-refractivity contribution >= 4 is 22.7 Å². The maximum Gasteiger partial charge on any atom is 0.336 e. The minimum Gasteiger partial charge on any atom is -0.422 e. The minimum atomic E-state index is -0.314. The molecule has 0 atom stereocenters. The van der Waals surface area contributed by atoms with E-state index >= 15 is 0 Å². The Labute approximate surface area is 132 Å². The third kappa shape index (κ3) is 2.54. The average Bonchev–Trinajstić information content (AvgIpc) is 2.80. The molecule has 0 bridgehead atoms. The zero-order chi connectivity index (χ0) is 15.9. The molecule has 2 aromatic heterocycles. The summed E-state index contributed by atoms with van der Waals surface area (Å²) in [5.74, 6) is 1.52. The molecule has 1 aromatic carbocycles. The lowest BCUT2D eigenvalue weighted by molar-refractivity contribution is 0.557. The van der Waals surface area contributed by atoms with Crippen LogP contribution in [0.1, 0.15) is 22.5 Å². The van der Waals surface area contributed by atoms with Gasteiger partial charge in [0.1, 0.15) is 11.4 Å². The number of benzene rings is 1. The number of rotatable bonds is 3. The highest BCUT2D eigenvalue weighted by Gasteiger charge is 2.12. The van der Waals surface area contributed by atoms with Gasteiger partial charge in [-0.3, -0.25) is 0 Å².